The molecule has 0 heterocycles. The Hall–Kier alpha value is -0.210. The van der Waals surface area contributed by atoms with E-state index in [1.807, 2.05) is 0 Å². The van der Waals surface area contributed by atoms with Gasteiger partial charge in [0.2, 0.25) is 0 Å². The maximum atomic E-state index is 11.9. The highest BCUT2D eigenvalue weighted by molar-refractivity contribution is 4.71. The minimum atomic E-state index is -3.93. The first kappa shape index (κ1) is 10.8. The summed E-state index contributed by atoms with van der Waals surface area (Å²) < 4.78 is 35.8. The van der Waals surface area contributed by atoms with Crippen molar-refractivity contribution in [2.24, 2.45) is 5.92 Å². The van der Waals surface area contributed by atoms with Gasteiger partial charge >= 0.3 is 6.18 Å². The average molecular weight is 168 g/mol. The Bertz CT molecular complexity index is 100. The van der Waals surface area contributed by atoms with Crippen LogP contribution in [0.3, 0.4) is 0 Å². The van der Waals surface area contributed by atoms with Crippen LogP contribution >= 0.6 is 0 Å². The molecule has 0 saturated heterocycles. The van der Waals surface area contributed by atoms with Crippen molar-refractivity contribution in [2.75, 3.05) is 0 Å². The zero-order valence-corrected chi connectivity index (χ0v) is 5.75. The predicted octanol–water partition coefficient (Wildman–Crippen LogP) is 3.77. The van der Waals surface area contributed by atoms with Crippen molar-refractivity contribution in [1.29, 1.82) is 0 Å². The zero-order valence-electron chi connectivity index (χ0n) is 5.75. The number of rotatable bonds is 0. The van der Waals surface area contributed by atoms with Crippen LogP contribution in [0.5, 0.6) is 0 Å². The lowest BCUT2D eigenvalue weighted by Gasteiger charge is -2.23. The topological polar surface area (TPSA) is 0 Å². The van der Waals surface area contributed by atoms with Crippen LogP contribution in [0.25, 0.3) is 0 Å². The third-order valence-corrected chi connectivity index (χ3v) is 2.07. The minimum absolute atomic E-state index is 0. The van der Waals surface area contributed by atoms with E-state index in [0.717, 1.165) is 19.3 Å². The van der Waals surface area contributed by atoms with Gasteiger partial charge in [0.1, 0.15) is 0 Å². The molecule has 0 spiro atoms. The fraction of sp³-hybridized carbons (Fsp3) is 1.00. The Morgan fingerprint density at radius 3 is 1.64 bits per heavy atom. The van der Waals surface area contributed by atoms with E-state index in [4.69, 9.17) is 0 Å². The number of hydrogen-bond donors (Lipinski definition) is 0. The van der Waals surface area contributed by atoms with Crippen LogP contribution < -0.4 is 0 Å². The molecule has 0 aromatic heterocycles. The molecule has 0 unspecified atom stereocenters. The Morgan fingerprint density at radius 1 is 0.909 bits per heavy atom. The quantitative estimate of drug-likeness (QED) is 0.516. The summed E-state index contributed by atoms with van der Waals surface area (Å²) in [5.74, 6) is -0.999. The van der Waals surface area contributed by atoms with E-state index >= 15 is 0 Å². The summed E-state index contributed by atoms with van der Waals surface area (Å²) in [4.78, 5) is 0. The molecule has 68 valence electrons. The van der Waals surface area contributed by atoms with E-state index in [9.17, 15) is 13.2 Å². The first-order valence-electron chi connectivity index (χ1n) is 3.67. The van der Waals surface area contributed by atoms with E-state index in [1.54, 1.807) is 0 Å². The molecule has 1 saturated carbocycles. The Morgan fingerprint density at radius 2 is 1.36 bits per heavy atom. The summed E-state index contributed by atoms with van der Waals surface area (Å²) in [5, 5.41) is 0. The van der Waals surface area contributed by atoms with Crippen molar-refractivity contribution in [3.63, 3.8) is 0 Å². The van der Waals surface area contributed by atoms with Crippen molar-refractivity contribution < 1.29 is 13.2 Å². The summed E-state index contributed by atoms with van der Waals surface area (Å²) >= 11 is 0. The third-order valence-electron chi connectivity index (χ3n) is 2.07. The van der Waals surface area contributed by atoms with E-state index < -0.39 is 12.1 Å². The van der Waals surface area contributed by atoms with Gasteiger partial charge in [-0.3, -0.25) is 0 Å². The van der Waals surface area contributed by atoms with Crippen LogP contribution in [0.4, 0.5) is 13.2 Å². The van der Waals surface area contributed by atoms with Gasteiger partial charge in [-0.2, -0.15) is 13.2 Å². The number of hydrogen-bond acceptors (Lipinski definition) is 0. The molecule has 1 aliphatic carbocycles. The molecule has 0 radical (unpaired) electrons. The van der Waals surface area contributed by atoms with E-state index in [2.05, 4.69) is 0 Å². The molecule has 0 aliphatic heterocycles. The van der Waals surface area contributed by atoms with Crippen LogP contribution in [0, 0.1) is 5.92 Å². The summed E-state index contributed by atoms with van der Waals surface area (Å²) in [7, 11) is 0. The minimum Gasteiger partial charge on any atom is -0.171 e. The van der Waals surface area contributed by atoms with Gasteiger partial charge in [0.25, 0.3) is 0 Å². The molecule has 0 bridgehead atoms. The normalized spacial score (nSPS) is 21.0. The fourth-order valence-corrected chi connectivity index (χ4v) is 1.43. The highest BCUT2D eigenvalue weighted by Crippen LogP contribution is 2.37. The van der Waals surface area contributed by atoms with Crippen molar-refractivity contribution in [3.05, 3.63) is 0 Å². The molecular weight excluding hydrogens is 153 g/mol. The molecule has 0 nitrogen and oxygen atoms in total. The van der Waals surface area contributed by atoms with Gasteiger partial charge in [0.15, 0.2) is 0 Å². The molecule has 3 heteroatoms. The maximum absolute atomic E-state index is 11.9. The highest BCUT2D eigenvalue weighted by Gasteiger charge is 2.39. The highest BCUT2D eigenvalue weighted by atomic mass is 19.4. The molecule has 1 aliphatic rings. The lowest BCUT2D eigenvalue weighted by Crippen LogP contribution is -2.24. The third kappa shape index (κ3) is 3.12. The largest absolute Gasteiger partial charge is 0.391 e. The fourth-order valence-electron chi connectivity index (χ4n) is 1.43. The number of alkyl halides is 3. The SMILES string of the molecule is C.FC(F)(F)C1CCCCC1. The molecule has 11 heavy (non-hydrogen) atoms. The van der Waals surface area contributed by atoms with Gasteiger partial charge in [-0.05, 0) is 12.8 Å². The van der Waals surface area contributed by atoms with Gasteiger partial charge in [-0.1, -0.05) is 26.7 Å². The van der Waals surface area contributed by atoms with Gasteiger partial charge in [-0.25, -0.2) is 0 Å². The summed E-state index contributed by atoms with van der Waals surface area (Å²) in [6.07, 6.45) is -0.742. The van der Waals surface area contributed by atoms with Gasteiger partial charge < -0.3 is 0 Å². The smallest absolute Gasteiger partial charge is 0.171 e. The van der Waals surface area contributed by atoms with Crippen molar-refractivity contribution in [3.8, 4) is 0 Å². The molecule has 0 N–H and O–H groups in total. The lowest BCUT2D eigenvalue weighted by molar-refractivity contribution is -0.181. The van der Waals surface area contributed by atoms with Crippen LogP contribution in [-0.2, 0) is 0 Å². The van der Waals surface area contributed by atoms with Crippen molar-refractivity contribution >= 4 is 0 Å². The Balaban J connectivity index is 0.000001000. The number of halogens is 3. The Kier molecular flexibility index (Phi) is 3.90. The molecule has 0 aromatic carbocycles. The predicted molar refractivity (Wildman–Crippen MR) is 39.4 cm³/mol. The first-order chi connectivity index (χ1) is 4.61. The molecular formula is C8H15F3. The van der Waals surface area contributed by atoms with Crippen LogP contribution in [0.15, 0.2) is 0 Å². The molecule has 1 rings (SSSR count). The summed E-state index contributed by atoms with van der Waals surface area (Å²) in [6, 6.07) is 0. The van der Waals surface area contributed by atoms with E-state index in [1.165, 1.54) is 0 Å². The van der Waals surface area contributed by atoms with Crippen LogP contribution in [-0.4, -0.2) is 6.18 Å². The van der Waals surface area contributed by atoms with Crippen molar-refractivity contribution in [2.45, 2.75) is 45.7 Å². The van der Waals surface area contributed by atoms with E-state index in [0.29, 0.717) is 12.8 Å². The average Bonchev–Trinajstić information content (AvgIpc) is 1.88. The molecule has 0 amide bonds. The van der Waals surface area contributed by atoms with Crippen molar-refractivity contribution in [1.82, 2.24) is 0 Å². The standard InChI is InChI=1S/C7H11F3.CH4/c8-7(9,10)6-4-2-1-3-5-6;/h6H,1-5H2;1H4. The second-order valence-corrected chi connectivity index (χ2v) is 2.88. The lowest BCUT2D eigenvalue weighted by atomic mass is 9.89. The van der Waals surface area contributed by atoms with E-state index in [-0.39, 0.29) is 7.43 Å². The van der Waals surface area contributed by atoms with Gasteiger partial charge in [-0.15, -0.1) is 0 Å². The molecule has 0 aromatic rings. The second kappa shape index (κ2) is 3.98. The zero-order chi connectivity index (χ0) is 7.61. The molecule has 0 atom stereocenters. The monoisotopic (exact) mass is 168 g/mol. The van der Waals surface area contributed by atoms with Gasteiger partial charge in [0, 0.05) is 0 Å². The Labute approximate surface area is 65.8 Å². The van der Waals surface area contributed by atoms with Crippen LogP contribution in [0.1, 0.15) is 39.5 Å². The first-order valence-corrected chi connectivity index (χ1v) is 3.67. The maximum Gasteiger partial charge on any atom is 0.391 e. The van der Waals surface area contributed by atoms with Crippen LogP contribution in [0.2, 0.25) is 0 Å². The summed E-state index contributed by atoms with van der Waals surface area (Å²) in [6.45, 7) is 0. The molecule has 1 fully saturated rings. The van der Waals surface area contributed by atoms with Gasteiger partial charge in [0.05, 0.1) is 5.92 Å². The summed E-state index contributed by atoms with van der Waals surface area (Å²) in [5.41, 5.74) is 0. The second-order valence-electron chi connectivity index (χ2n) is 2.88.